The van der Waals surface area contributed by atoms with E-state index in [1.807, 2.05) is 0 Å². The Morgan fingerprint density at radius 3 is 1.61 bits per heavy atom. The number of hydrogen-bond donors (Lipinski definition) is 0. The van der Waals surface area contributed by atoms with Crippen molar-refractivity contribution in [2.45, 2.75) is 154 Å². The minimum Gasteiger partial charge on any atom is -0.365 e. The molecule has 1 aliphatic heterocycles. The van der Waals surface area contributed by atoms with Crippen molar-refractivity contribution in [3.8, 4) is 0 Å². The van der Waals surface area contributed by atoms with E-state index < -0.39 is 0 Å². The number of anilines is 1. The summed E-state index contributed by atoms with van der Waals surface area (Å²) in [5, 5.41) is 0. The van der Waals surface area contributed by atoms with E-state index >= 15 is 0 Å². The highest BCUT2D eigenvalue weighted by Crippen LogP contribution is 2.73. The first-order valence-electron chi connectivity index (χ1n) is 21.5. The van der Waals surface area contributed by atoms with Crippen molar-refractivity contribution in [3.05, 3.63) is 30.3 Å². The van der Waals surface area contributed by atoms with Crippen LogP contribution in [0.3, 0.4) is 0 Å². The summed E-state index contributed by atoms with van der Waals surface area (Å²) in [5.41, 5.74) is 2.07. The molecule has 46 heavy (non-hydrogen) atoms. The summed E-state index contributed by atoms with van der Waals surface area (Å²) < 4.78 is 0. The lowest BCUT2D eigenvalue weighted by molar-refractivity contribution is -0.0399. The average Bonchev–Trinajstić information content (AvgIpc) is 3.75. The zero-order valence-electron chi connectivity index (χ0n) is 29.7. The summed E-state index contributed by atoms with van der Waals surface area (Å²) >= 11 is 0. The van der Waals surface area contributed by atoms with Gasteiger partial charge in [-0.15, -0.1) is 0 Å². The Bertz CT molecular complexity index is 1190. The van der Waals surface area contributed by atoms with Gasteiger partial charge in [0.2, 0.25) is 0 Å². The monoisotopic (exact) mass is 622 g/mol. The van der Waals surface area contributed by atoms with E-state index in [0.717, 1.165) is 94.9 Å². The molecule has 0 N–H and O–H groups in total. The highest BCUT2D eigenvalue weighted by Gasteiger charge is 2.69. The van der Waals surface area contributed by atoms with Gasteiger partial charge in [0.15, 0.2) is 0 Å². The molecule has 0 radical (unpaired) electrons. The molecule has 0 bridgehead atoms. The standard InChI is InChI=1S/C45H67N/c1-45(2,42-36-26-24-28-14-6-8-18-31(28)39(36)40-32-19-9-7-15-29(32)25-27-37(40)42)43-33-20-10-11-21-34(33)44-41(43)35-22-12-13-23-38(35)46(44)30-16-4-3-5-17-30/h3-5,16-17,28-29,31-44H,6-15,18-27H2,1-2H3. The second-order valence-electron chi connectivity index (χ2n) is 19.9. The molecule has 1 saturated heterocycles. The van der Waals surface area contributed by atoms with Crippen LogP contribution in [0.1, 0.15) is 142 Å². The fraction of sp³-hybridized carbons (Fsp3) is 0.867. The minimum absolute atomic E-state index is 0.486. The van der Waals surface area contributed by atoms with Gasteiger partial charge in [0.25, 0.3) is 0 Å². The zero-order valence-corrected chi connectivity index (χ0v) is 29.7. The molecular formula is C45H67N. The van der Waals surface area contributed by atoms with Crippen LogP contribution in [0.4, 0.5) is 5.69 Å². The number of hydrogen-bond acceptors (Lipinski definition) is 1. The fourth-order valence-electron chi connectivity index (χ4n) is 17.6. The van der Waals surface area contributed by atoms with Gasteiger partial charge in [-0.3, -0.25) is 0 Å². The van der Waals surface area contributed by atoms with Crippen molar-refractivity contribution >= 4 is 5.69 Å². The SMILES string of the molecule is CC(C)(C1C2CCC3CCCCC3C2C2C3CCCCC3CCC21)C1C2CCCCC2C2C1C1CCCCC1N2c1ccccc1. The van der Waals surface area contributed by atoms with E-state index in [1.54, 1.807) is 89.2 Å². The van der Waals surface area contributed by atoms with Crippen LogP contribution >= 0.6 is 0 Å². The van der Waals surface area contributed by atoms with Crippen LogP contribution in [0.25, 0.3) is 0 Å². The molecule has 9 aliphatic rings. The Morgan fingerprint density at radius 1 is 0.457 bits per heavy atom. The van der Waals surface area contributed by atoms with Crippen molar-refractivity contribution < 1.29 is 0 Å². The zero-order chi connectivity index (χ0) is 30.6. The first-order chi connectivity index (χ1) is 22.6. The number of nitrogens with zero attached hydrogens (tertiary/aromatic N) is 1. The minimum atomic E-state index is 0.486. The predicted octanol–water partition coefficient (Wildman–Crippen LogP) is 11.8. The Kier molecular flexibility index (Phi) is 7.50. The number of fused-ring (bicyclic) bond motifs is 12. The first-order valence-corrected chi connectivity index (χ1v) is 21.5. The van der Waals surface area contributed by atoms with E-state index in [1.165, 1.54) is 44.9 Å². The van der Waals surface area contributed by atoms with Gasteiger partial charge in [-0.25, -0.2) is 0 Å². The molecule has 9 fully saturated rings. The maximum absolute atomic E-state index is 3.13. The Labute approximate surface area is 282 Å². The van der Waals surface area contributed by atoms with Crippen LogP contribution < -0.4 is 4.90 Å². The van der Waals surface area contributed by atoms with Crippen molar-refractivity contribution in [2.24, 2.45) is 88.3 Å². The van der Waals surface area contributed by atoms with Gasteiger partial charge in [0.1, 0.15) is 0 Å². The maximum atomic E-state index is 3.13. The van der Waals surface area contributed by atoms with E-state index in [2.05, 4.69) is 49.1 Å². The summed E-state index contributed by atoms with van der Waals surface area (Å²) in [4.78, 5) is 3.13. The summed E-state index contributed by atoms with van der Waals surface area (Å²) in [5.74, 6) is 14.5. The normalized spacial score (nSPS) is 51.2. The molecule has 1 nitrogen and oxygen atoms in total. The lowest BCUT2D eigenvalue weighted by Crippen LogP contribution is -2.47. The second kappa shape index (κ2) is 11.5. The summed E-state index contributed by atoms with van der Waals surface area (Å²) in [6, 6.07) is 13.6. The van der Waals surface area contributed by atoms with Crippen LogP contribution in [0, 0.1) is 88.3 Å². The topological polar surface area (TPSA) is 3.24 Å². The lowest BCUT2D eigenvalue weighted by Gasteiger charge is -2.52. The van der Waals surface area contributed by atoms with Crippen LogP contribution in [-0.2, 0) is 0 Å². The molecule has 8 aliphatic carbocycles. The quantitative estimate of drug-likeness (QED) is 0.324. The number of para-hydroxylation sites is 1. The van der Waals surface area contributed by atoms with Gasteiger partial charge < -0.3 is 4.90 Å². The fourth-order valence-corrected chi connectivity index (χ4v) is 17.6. The van der Waals surface area contributed by atoms with Crippen molar-refractivity contribution in [3.63, 3.8) is 0 Å². The highest BCUT2D eigenvalue weighted by molar-refractivity contribution is 5.52. The van der Waals surface area contributed by atoms with Gasteiger partial charge in [0, 0.05) is 17.8 Å². The Morgan fingerprint density at radius 2 is 0.978 bits per heavy atom. The van der Waals surface area contributed by atoms with Gasteiger partial charge in [0.05, 0.1) is 0 Å². The third-order valence-electron chi connectivity index (χ3n) is 18.3. The van der Waals surface area contributed by atoms with Gasteiger partial charge in [-0.1, -0.05) is 96.3 Å². The molecule has 8 saturated carbocycles. The molecule has 0 amide bonds. The van der Waals surface area contributed by atoms with E-state index in [4.69, 9.17) is 0 Å². The molecule has 0 spiro atoms. The van der Waals surface area contributed by atoms with Crippen molar-refractivity contribution in [2.75, 3.05) is 4.90 Å². The van der Waals surface area contributed by atoms with Crippen molar-refractivity contribution in [1.29, 1.82) is 0 Å². The predicted molar refractivity (Wildman–Crippen MR) is 191 cm³/mol. The molecule has 1 aromatic carbocycles. The molecule has 252 valence electrons. The third-order valence-corrected chi connectivity index (χ3v) is 18.3. The second-order valence-corrected chi connectivity index (χ2v) is 19.9. The largest absolute Gasteiger partial charge is 0.365 e. The summed E-state index contributed by atoms with van der Waals surface area (Å²) in [6.45, 7) is 5.91. The molecule has 1 heteroatoms. The number of benzene rings is 1. The van der Waals surface area contributed by atoms with E-state index in [9.17, 15) is 0 Å². The van der Waals surface area contributed by atoms with Crippen LogP contribution in [0.2, 0.25) is 0 Å². The number of rotatable bonds is 3. The van der Waals surface area contributed by atoms with Crippen LogP contribution in [0.15, 0.2) is 30.3 Å². The van der Waals surface area contributed by atoms with Crippen LogP contribution in [0.5, 0.6) is 0 Å². The summed E-state index contributed by atoms with van der Waals surface area (Å²) in [6.07, 6.45) is 31.0. The average molecular weight is 622 g/mol. The van der Waals surface area contributed by atoms with Gasteiger partial charge >= 0.3 is 0 Å². The Balaban J connectivity index is 1.07. The molecule has 10 rings (SSSR count). The molecule has 15 unspecified atom stereocenters. The maximum Gasteiger partial charge on any atom is 0.0371 e. The van der Waals surface area contributed by atoms with E-state index in [0.29, 0.717) is 5.41 Å². The molecular weight excluding hydrogens is 555 g/mol. The van der Waals surface area contributed by atoms with Gasteiger partial charge in [-0.2, -0.15) is 0 Å². The van der Waals surface area contributed by atoms with Crippen LogP contribution in [-0.4, -0.2) is 12.1 Å². The molecule has 1 heterocycles. The first kappa shape index (κ1) is 29.9. The highest BCUT2D eigenvalue weighted by atomic mass is 15.3. The molecule has 0 aromatic heterocycles. The van der Waals surface area contributed by atoms with Crippen molar-refractivity contribution in [1.82, 2.24) is 0 Å². The smallest absolute Gasteiger partial charge is 0.0371 e. The summed E-state index contributed by atoms with van der Waals surface area (Å²) in [7, 11) is 0. The lowest BCUT2D eigenvalue weighted by atomic mass is 9.52. The third kappa shape index (κ3) is 4.29. The molecule has 1 aromatic rings. The van der Waals surface area contributed by atoms with E-state index in [-0.39, 0.29) is 0 Å². The molecule has 15 atom stereocenters. The Hall–Kier alpha value is -0.980. The van der Waals surface area contributed by atoms with Gasteiger partial charge in [-0.05, 0) is 165 Å².